The van der Waals surface area contributed by atoms with Crippen molar-refractivity contribution in [2.24, 2.45) is 5.92 Å². The molecule has 0 fully saturated rings. The van der Waals surface area contributed by atoms with E-state index in [0.29, 0.717) is 19.4 Å². The van der Waals surface area contributed by atoms with Gasteiger partial charge in [-0.05, 0) is 38.0 Å². The summed E-state index contributed by atoms with van der Waals surface area (Å²) in [5, 5.41) is 0. The van der Waals surface area contributed by atoms with E-state index in [4.69, 9.17) is 9.47 Å². The molecule has 4 heteroatoms. The molecule has 0 saturated carbocycles. The minimum atomic E-state index is -0.396. The smallest absolute Gasteiger partial charge is 0.157 e. The summed E-state index contributed by atoms with van der Waals surface area (Å²) in [6.45, 7) is 3.95. The Morgan fingerprint density at radius 1 is 1.42 bits per heavy atom. The van der Waals surface area contributed by atoms with Crippen molar-refractivity contribution in [2.45, 2.75) is 33.0 Å². The number of halogens is 1. The van der Waals surface area contributed by atoms with Crippen molar-refractivity contribution < 1.29 is 18.7 Å². The molecule has 0 aromatic heterocycles. The van der Waals surface area contributed by atoms with E-state index < -0.39 is 6.29 Å². The Morgan fingerprint density at radius 3 is 2.68 bits per heavy atom. The van der Waals surface area contributed by atoms with Crippen LogP contribution in [0.4, 0.5) is 4.39 Å². The van der Waals surface area contributed by atoms with Crippen LogP contribution in [0.25, 0.3) is 0 Å². The lowest BCUT2D eigenvalue weighted by molar-refractivity contribution is -0.141. The van der Waals surface area contributed by atoms with Crippen molar-refractivity contribution >= 4 is 5.78 Å². The summed E-state index contributed by atoms with van der Waals surface area (Å²) in [7, 11) is 1.56. The van der Waals surface area contributed by atoms with Gasteiger partial charge >= 0.3 is 0 Å². The van der Waals surface area contributed by atoms with E-state index in [0.717, 1.165) is 5.56 Å². The first-order chi connectivity index (χ1) is 9.06. The van der Waals surface area contributed by atoms with Gasteiger partial charge in [0.1, 0.15) is 11.6 Å². The predicted octanol–water partition coefficient (Wildman–Crippen LogP) is 2.97. The highest BCUT2D eigenvalue weighted by molar-refractivity contribution is 5.78. The van der Waals surface area contributed by atoms with Crippen LogP contribution in [0.5, 0.6) is 0 Å². The second-order valence-corrected chi connectivity index (χ2v) is 4.50. The molecule has 0 bridgehead atoms. The number of hydrogen-bond donors (Lipinski definition) is 0. The highest BCUT2D eigenvalue weighted by atomic mass is 19.1. The lowest BCUT2D eigenvalue weighted by Crippen LogP contribution is -2.25. The average molecular weight is 268 g/mol. The number of benzene rings is 1. The topological polar surface area (TPSA) is 35.5 Å². The Bertz CT molecular complexity index is 406. The lowest BCUT2D eigenvalue weighted by Gasteiger charge is -2.20. The first kappa shape index (κ1) is 15.8. The van der Waals surface area contributed by atoms with Crippen LogP contribution in [0.15, 0.2) is 24.3 Å². The van der Waals surface area contributed by atoms with Crippen molar-refractivity contribution in [1.29, 1.82) is 0 Å². The SMILES string of the molecule is CCOC(CC(Cc1cccc(F)c1)C(C)=O)OC. The van der Waals surface area contributed by atoms with Crippen LogP contribution in [0.2, 0.25) is 0 Å². The summed E-state index contributed by atoms with van der Waals surface area (Å²) in [4.78, 5) is 11.7. The van der Waals surface area contributed by atoms with Gasteiger partial charge in [0.25, 0.3) is 0 Å². The predicted molar refractivity (Wildman–Crippen MR) is 71.3 cm³/mol. The third kappa shape index (κ3) is 5.49. The second kappa shape index (κ2) is 8.02. The summed E-state index contributed by atoms with van der Waals surface area (Å²) in [5.74, 6) is -0.447. The number of carbonyl (C=O) groups is 1. The molecule has 0 aliphatic carbocycles. The van der Waals surface area contributed by atoms with Crippen molar-refractivity contribution in [1.82, 2.24) is 0 Å². The summed E-state index contributed by atoms with van der Waals surface area (Å²) in [6.07, 6.45) is 0.586. The van der Waals surface area contributed by atoms with E-state index >= 15 is 0 Å². The molecule has 1 rings (SSSR count). The van der Waals surface area contributed by atoms with Gasteiger partial charge in [-0.3, -0.25) is 4.79 Å². The largest absolute Gasteiger partial charge is 0.356 e. The summed E-state index contributed by atoms with van der Waals surface area (Å²) in [5.41, 5.74) is 0.812. The number of carbonyl (C=O) groups excluding carboxylic acids is 1. The van der Waals surface area contributed by atoms with E-state index in [1.54, 1.807) is 20.1 Å². The van der Waals surface area contributed by atoms with Gasteiger partial charge in [-0.15, -0.1) is 0 Å². The second-order valence-electron chi connectivity index (χ2n) is 4.50. The Kier molecular flexibility index (Phi) is 6.67. The number of hydrogen-bond acceptors (Lipinski definition) is 3. The van der Waals surface area contributed by atoms with E-state index in [1.165, 1.54) is 12.1 Å². The van der Waals surface area contributed by atoms with Crippen LogP contribution in [-0.2, 0) is 20.7 Å². The van der Waals surface area contributed by atoms with Crippen molar-refractivity contribution in [3.8, 4) is 0 Å². The molecule has 0 radical (unpaired) electrons. The third-order valence-corrected chi connectivity index (χ3v) is 3.04. The van der Waals surface area contributed by atoms with Gasteiger partial charge in [0.05, 0.1) is 0 Å². The number of methoxy groups -OCH3 is 1. The van der Waals surface area contributed by atoms with Gasteiger partial charge in [0.15, 0.2) is 6.29 Å². The first-order valence-electron chi connectivity index (χ1n) is 6.46. The molecule has 106 valence electrons. The maximum Gasteiger partial charge on any atom is 0.157 e. The standard InChI is InChI=1S/C15H21FO3/c1-4-19-15(18-3)10-13(11(2)17)8-12-6-5-7-14(16)9-12/h5-7,9,13,15H,4,8,10H2,1-3H3. The number of ketones is 1. The Balaban J connectivity index is 2.70. The van der Waals surface area contributed by atoms with Crippen LogP contribution in [0.3, 0.4) is 0 Å². The number of ether oxygens (including phenoxy) is 2. The average Bonchev–Trinajstić information content (AvgIpc) is 2.37. The molecular formula is C15H21FO3. The number of rotatable bonds is 8. The molecule has 0 saturated heterocycles. The first-order valence-corrected chi connectivity index (χ1v) is 6.46. The normalized spacial score (nSPS) is 14.1. The fourth-order valence-corrected chi connectivity index (χ4v) is 1.99. The molecule has 0 aliphatic rings. The third-order valence-electron chi connectivity index (χ3n) is 3.04. The maximum absolute atomic E-state index is 13.1. The van der Waals surface area contributed by atoms with E-state index in [1.807, 2.05) is 13.0 Å². The molecule has 0 aliphatic heterocycles. The van der Waals surface area contributed by atoms with E-state index in [2.05, 4.69) is 0 Å². The van der Waals surface area contributed by atoms with Crippen molar-refractivity contribution in [3.05, 3.63) is 35.6 Å². The Labute approximate surface area is 113 Å². The highest BCUT2D eigenvalue weighted by Gasteiger charge is 2.21. The van der Waals surface area contributed by atoms with E-state index in [9.17, 15) is 9.18 Å². The molecule has 2 atom stereocenters. The van der Waals surface area contributed by atoms with Crippen LogP contribution in [0.1, 0.15) is 25.8 Å². The molecule has 3 nitrogen and oxygen atoms in total. The Morgan fingerprint density at radius 2 is 2.16 bits per heavy atom. The molecular weight excluding hydrogens is 247 g/mol. The lowest BCUT2D eigenvalue weighted by atomic mass is 9.92. The van der Waals surface area contributed by atoms with Crippen LogP contribution < -0.4 is 0 Å². The molecule has 0 heterocycles. The molecule has 1 aromatic rings. The van der Waals surface area contributed by atoms with Gasteiger partial charge in [0.2, 0.25) is 0 Å². The zero-order chi connectivity index (χ0) is 14.3. The van der Waals surface area contributed by atoms with Crippen LogP contribution >= 0.6 is 0 Å². The highest BCUT2D eigenvalue weighted by Crippen LogP contribution is 2.18. The van der Waals surface area contributed by atoms with Crippen LogP contribution in [-0.4, -0.2) is 25.8 Å². The molecule has 0 N–H and O–H groups in total. The fraction of sp³-hybridized carbons (Fsp3) is 0.533. The number of Topliss-reactive ketones (excluding diaryl/α,β-unsaturated/α-hetero) is 1. The van der Waals surface area contributed by atoms with Gasteiger partial charge in [-0.1, -0.05) is 12.1 Å². The molecule has 1 aromatic carbocycles. The quantitative estimate of drug-likeness (QED) is 0.680. The minimum Gasteiger partial charge on any atom is -0.356 e. The van der Waals surface area contributed by atoms with Gasteiger partial charge < -0.3 is 9.47 Å². The summed E-state index contributed by atoms with van der Waals surface area (Å²) in [6, 6.07) is 6.32. The van der Waals surface area contributed by atoms with Gasteiger partial charge in [-0.25, -0.2) is 4.39 Å². The summed E-state index contributed by atoms with van der Waals surface area (Å²) < 4.78 is 23.7. The zero-order valence-electron chi connectivity index (χ0n) is 11.7. The Hall–Kier alpha value is -1.26. The van der Waals surface area contributed by atoms with E-state index in [-0.39, 0.29) is 17.5 Å². The maximum atomic E-state index is 13.1. The minimum absolute atomic E-state index is 0.0611. The zero-order valence-corrected chi connectivity index (χ0v) is 11.7. The summed E-state index contributed by atoms with van der Waals surface area (Å²) >= 11 is 0. The molecule has 19 heavy (non-hydrogen) atoms. The van der Waals surface area contributed by atoms with Crippen LogP contribution in [0, 0.1) is 11.7 Å². The molecule has 2 unspecified atom stereocenters. The van der Waals surface area contributed by atoms with Crippen molar-refractivity contribution in [2.75, 3.05) is 13.7 Å². The van der Waals surface area contributed by atoms with Gasteiger partial charge in [0, 0.05) is 26.1 Å². The monoisotopic (exact) mass is 268 g/mol. The molecule has 0 spiro atoms. The van der Waals surface area contributed by atoms with Crippen molar-refractivity contribution in [3.63, 3.8) is 0 Å². The fourth-order valence-electron chi connectivity index (χ4n) is 1.99. The van der Waals surface area contributed by atoms with Gasteiger partial charge in [-0.2, -0.15) is 0 Å². The molecule has 0 amide bonds.